The Bertz CT molecular complexity index is 1180. The molecule has 13 nitrogen and oxygen atoms in total. The molecule has 1 aliphatic heterocycles. The lowest BCUT2D eigenvalue weighted by molar-refractivity contribution is -0.288. The number of aliphatic carboxylic acids is 1. The third kappa shape index (κ3) is 6.55. The van der Waals surface area contributed by atoms with E-state index in [1.165, 1.54) is 0 Å². The predicted molar refractivity (Wildman–Crippen MR) is 163 cm³/mol. The Morgan fingerprint density at radius 2 is 1.78 bits per heavy atom. The van der Waals surface area contributed by atoms with Crippen molar-refractivity contribution >= 4 is 18.0 Å². The summed E-state index contributed by atoms with van der Waals surface area (Å²) in [7, 11) is 0. The zero-order chi connectivity index (χ0) is 33.6. The van der Waals surface area contributed by atoms with Crippen LogP contribution in [0.2, 0.25) is 0 Å². The number of ether oxygens (including phenoxy) is 2. The van der Waals surface area contributed by atoms with Crippen molar-refractivity contribution in [3.63, 3.8) is 0 Å². The van der Waals surface area contributed by atoms with E-state index in [9.17, 15) is 39.9 Å². The number of carbonyl (C=O) groups is 3. The molecule has 0 aromatic rings. The van der Waals surface area contributed by atoms with Crippen molar-refractivity contribution in [1.29, 1.82) is 0 Å². The molecule has 8 N–H and O–H groups in total. The first-order valence-corrected chi connectivity index (χ1v) is 16.8. The van der Waals surface area contributed by atoms with Gasteiger partial charge >= 0.3 is 12.1 Å². The Kier molecular flexibility index (Phi) is 10.4. The molecule has 0 radical (unpaired) electrons. The number of amides is 2. The van der Waals surface area contributed by atoms with Crippen LogP contribution in [0.25, 0.3) is 0 Å². The van der Waals surface area contributed by atoms with Crippen LogP contribution in [0, 0.1) is 40.4 Å². The van der Waals surface area contributed by atoms with Gasteiger partial charge in [-0.2, -0.15) is 0 Å². The van der Waals surface area contributed by atoms with E-state index in [1.54, 1.807) is 0 Å². The molecule has 0 unspecified atom stereocenters. The third-order valence-corrected chi connectivity index (χ3v) is 12.6. The van der Waals surface area contributed by atoms with Crippen LogP contribution in [0.4, 0.5) is 4.79 Å². The number of fused-ring (bicyclic) bond motifs is 5. The van der Waals surface area contributed by atoms with Crippen molar-refractivity contribution in [2.45, 2.75) is 121 Å². The highest BCUT2D eigenvalue weighted by atomic mass is 16.7. The quantitative estimate of drug-likeness (QED) is 0.159. The van der Waals surface area contributed by atoms with E-state index in [2.05, 4.69) is 37.5 Å². The van der Waals surface area contributed by atoms with Gasteiger partial charge < -0.3 is 50.7 Å². The van der Waals surface area contributed by atoms with Crippen molar-refractivity contribution < 1.29 is 54.5 Å². The first-order valence-electron chi connectivity index (χ1n) is 16.8. The highest BCUT2D eigenvalue weighted by Gasteiger charge is 2.62. The van der Waals surface area contributed by atoms with Crippen LogP contribution in [0.15, 0.2) is 11.6 Å². The molecule has 46 heavy (non-hydrogen) atoms. The zero-order valence-electron chi connectivity index (χ0n) is 27.0. The molecule has 1 heterocycles. The fraction of sp³-hybridized carbons (Fsp3) is 0.848. The average Bonchev–Trinajstić information content (AvgIpc) is 3.36. The van der Waals surface area contributed by atoms with Crippen LogP contribution in [-0.2, 0) is 19.1 Å². The van der Waals surface area contributed by atoms with E-state index in [1.807, 2.05) is 0 Å². The van der Waals surface area contributed by atoms with E-state index < -0.39 is 68.1 Å². The van der Waals surface area contributed by atoms with Crippen molar-refractivity contribution in [1.82, 2.24) is 10.6 Å². The predicted octanol–water partition coefficient (Wildman–Crippen LogP) is 1.61. The summed E-state index contributed by atoms with van der Waals surface area (Å²) in [6, 6.07) is -1.30. The fourth-order valence-electron chi connectivity index (χ4n) is 10.2. The van der Waals surface area contributed by atoms with Crippen LogP contribution in [0.3, 0.4) is 0 Å². The maximum atomic E-state index is 12.3. The van der Waals surface area contributed by atoms with E-state index in [-0.39, 0.29) is 46.8 Å². The number of aliphatic hydroxyl groups excluding tert-OH is 4. The molecule has 3 saturated carbocycles. The fourth-order valence-corrected chi connectivity index (χ4v) is 10.2. The van der Waals surface area contributed by atoms with Gasteiger partial charge in [0.15, 0.2) is 6.29 Å². The summed E-state index contributed by atoms with van der Waals surface area (Å²) in [4.78, 5) is 34.9. The Balaban J connectivity index is 1.43. The molecule has 0 bridgehead atoms. The number of rotatable bonds is 10. The van der Waals surface area contributed by atoms with Gasteiger partial charge in [-0.05, 0) is 91.8 Å². The number of carbonyl (C=O) groups excluding carboxylic acids is 1. The van der Waals surface area contributed by atoms with Gasteiger partial charge in [-0.1, -0.05) is 32.4 Å². The number of carboxylic acid groups (broad SMARTS) is 2. The monoisotopic (exact) mass is 652 g/mol. The maximum absolute atomic E-state index is 12.3. The van der Waals surface area contributed by atoms with Crippen molar-refractivity contribution in [3.05, 3.63) is 11.6 Å². The summed E-state index contributed by atoms with van der Waals surface area (Å²) in [5.74, 6) is -0.279. The summed E-state index contributed by atoms with van der Waals surface area (Å²) >= 11 is 0. The second kappa shape index (κ2) is 13.7. The molecule has 5 rings (SSSR count). The Morgan fingerprint density at radius 1 is 1.04 bits per heavy atom. The van der Waals surface area contributed by atoms with Gasteiger partial charge in [0.25, 0.3) is 0 Å². The van der Waals surface area contributed by atoms with Gasteiger partial charge in [0.2, 0.25) is 5.91 Å². The lowest BCUT2D eigenvalue weighted by Gasteiger charge is -2.60. The molecule has 13 heteroatoms. The number of carboxylic acids is 1. The van der Waals surface area contributed by atoms with Gasteiger partial charge in [-0.15, -0.1) is 0 Å². The van der Waals surface area contributed by atoms with Gasteiger partial charge in [0.05, 0.1) is 18.8 Å². The summed E-state index contributed by atoms with van der Waals surface area (Å²) in [6.07, 6.45) is 1.01. The van der Waals surface area contributed by atoms with Crippen LogP contribution in [0.5, 0.6) is 0 Å². The Morgan fingerprint density at radius 3 is 2.46 bits per heavy atom. The lowest BCUT2D eigenvalue weighted by Crippen LogP contribution is -2.66. The van der Waals surface area contributed by atoms with Crippen molar-refractivity contribution in [2.24, 2.45) is 40.4 Å². The molecule has 4 fully saturated rings. The van der Waals surface area contributed by atoms with E-state index in [0.717, 1.165) is 37.7 Å². The van der Waals surface area contributed by atoms with Gasteiger partial charge in [-0.3, -0.25) is 9.59 Å². The average molecular weight is 653 g/mol. The van der Waals surface area contributed by atoms with Gasteiger partial charge in [0, 0.05) is 6.42 Å². The normalized spacial score (nSPS) is 44.2. The molecular formula is C33H52N2O11. The zero-order valence-corrected chi connectivity index (χ0v) is 27.0. The Labute approximate surface area is 269 Å². The topological polar surface area (TPSA) is 215 Å². The molecule has 260 valence electrons. The standard InChI is InChI=1S/C33H52N2O11/c1-16(4-7-24(38)34-14-25(39)40)19-5-6-20-26-21(9-11-33(19,20)3)32(2)10-8-18(37)12-17(32)13-22(26)45-30-27(35-31(43)44)29(42)28(41)23(15-36)46-30/h13,16,18-23,26-30,35-37,41-42H,4-12,14-15H2,1-3H3,(H,34,38)(H,39,40)(H,43,44)/t16-,18+,19-,20+,21+,22+,23-,26+,27-,28-,29-,30-,32+,33-/m1/s1. The SMILES string of the molecule is C[C@H](CCC(=O)NCC(=O)O)[C@H]1CC[C@H]2[C@@H]3[C@@H](O[C@@H]4O[C@H](CO)[C@@H](O)[C@H](O)[C@H]4NC(=O)O)C=C4C[C@@H](O)CC[C@]4(C)[C@H]3CC[C@]12C. The molecule has 5 aliphatic rings. The largest absolute Gasteiger partial charge is 0.480 e. The first-order chi connectivity index (χ1) is 21.7. The van der Waals surface area contributed by atoms with Gasteiger partial charge in [0.1, 0.15) is 30.9 Å². The molecule has 4 aliphatic carbocycles. The van der Waals surface area contributed by atoms with Crippen molar-refractivity contribution in [3.8, 4) is 0 Å². The van der Waals surface area contributed by atoms with Crippen molar-refractivity contribution in [2.75, 3.05) is 13.2 Å². The molecule has 0 aromatic carbocycles. The summed E-state index contributed by atoms with van der Waals surface area (Å²) in [6.45, 7) is 5.82. The molecule has 0 spiro atoms. The van der Waals surface area contributed by atoms with Crippen LogP contribution in [-0.4, -0.2) is 105 Å². The minimum atomic E-state index is -1.57. The molecule has 2 amide bonds. The maximum Gasteiger partial charge on any atom is 0.405 e. The van der Waals surface area contributed by atoms with Gasteiger partial charge in [-0.25, -0.2) is 4.79 Å². The first kappa shape index (κ1) is 35.0. The smallest absolute Gasteiger partial charge is 0.405 e. The molecule has 1 saturated heterocycles. The van der Waals surface area contributed by atoms with Crippen LogP contribution < -0.4 is 10.6 Å². The number of hydrogen-bond acceptors (Lipinski definition) is 9. The van der Waals surface area contributed by atoms with Crippen LogP contribution in [0.1, 0.15) is 78.6 Å². The number of hydrogen-bond donors (Lipinski definition) is 8. The highest BCUT2D eigenvalue weighted by Crippen LogP contribution is 2.67. The summed E-state index contributed by atoms with van der Waals surface area (Å²) in [5, 5.41) is 65.0. The van der Waals surface area contributed by atoms with Crippen LogP contribution >= 0.6 is 0 Å². The molecule has 0 aromatic heterocycles. The van der Waals surface area contributed by atoms with E-state index in [0.29, 0.717) is 25.2 Å². The summed E-state index contributed by atoms with van der Waals surface area (Å²) < 4.78 is 12.6. The Hall–Kier alpha value is -2.29. The summed E-state index contributed by atoms with van der Waals surface area (Å²) in [5.41, 5.74) is 0.923. The number of aliphatic hydroxyl groups is 4. The number of nitrogens with one attached hydrogen (secondary N) is 2. The second-order valence-corrected chi connectivity index (χ2v) is 15.0. The minimum Gasteiger partial charge on any atom is -0.480 e. The van der Waals surface area contributed by atoms with E-state index >= 15 is 0 Å². The highest BCUT2D eigenvalue weighted by molar-refractivity contribution is 5.81. The molecular weight excluding hydrogens is 600 g/mol. The minimum absolute atomic E-state index is 0.0319. The van der Waals surface area contributed by atoms with E-state index in [4.69, 9.17) is 14.6 Å². The lowest BCUT2D eigenvalue weighted by atomic mass is 9.46. The molecule has 14 atom stereocenters. The third-order valence-electron chi connectivity index (χ3n) is 12.6. The second-order valence-electron chi connectivity index (χ2n) is 15.0.